The lowest BCUT2D eigenvalue weighted by Gasteiger charge is -2.15. The molecule has 0 saturated heterocycles. The Kier molecular flexibility index (Phi) is 5.00. The average molecular weight is 239 g/mol. The number of rotatable bonds is 6. The van der Waals surface area contributed by atoms with Crippen molar-refractivity contribution in [3.63, 3.8) is 0 Å². The molecule has 0 bridgehead atoms. The highest BCUT2D eigenvalue weighted by molar-refractivity contribution is 6.80. The quantitative estimate of drug-likeness (QED) is 0.600. The maximum absolute atomic E-state index is 5.99. The highest BCUT2D eigenvalue weighted by atomic mass is 16.4. The zero-order valence-corrected chi connectivity index (χ0v) is 10.7. The molecule has 0 amide bonds. The van der Waals surface area contributed by atoms with Crippen molar-refractivity contribution in [2.75, 3.05) is 20.2 Å². The van der Waals surface area contributed by atoms with Crippen molar-refractivity contribution in [2.45, 2.75) is 0 Å². The largest absolute Gasteiger partial charge is 0.426 e. The molecule has 2 aromatic rings. The Bertz CT molecular complexity index is 407. The summed E-state index contributed by atoms with van der Waals surface area (Å²) in [5, 5.41) is 3.10. The Hall–Kier alpha value is -1.58. The summed E-state index contributed by atoms with van der Waals surface area (Å²) >= 11 is 0. The summed E-state index contributed by atoms with van der Waals surface area (Å²) in [7, 11) is 1.93. The summed E-state index contributed by atoms with van der Waals surface area (Å²) in [6.45, 7) is 1.57. The molecule has 0 radical (unpaired) electrons. The number of benzene rings is 2. The maximum Gasteiger partial charge on any atom is 0.361 e. The van der Waals surface area contributed by atoms with E-state index >= 15 is 0 Å². The molecule has 0 atom stereocenters. The zero-order valence-electron chi connectivity index (χ0n) is 10.7. The Morgan fingerprint density at radius 3 is 1.83 bits per heavy atom. The first-order chi connectivity index (χ1) is 8.92. The van der Waals surface area contributed by atoms with E-state index < -0.39 is 0 Å². The molecule has 0 aliphatic heterocycles. The van der Waals surface area contributed by atoms with Gasteiger partial charge in [-0.1, -0.05) is 60.7 Å². The van der Waals surface area contributed by atoms with Crippen LogP contribution in [0.2, 0.25) is 0 Å². The van der Waals surface area contributed by atoms with E-state index in [0.29, 0.717) is 6.61 Å². The van der Waals surface area contributed by atoms with Gasteiger partial charge < -0.3 is 9.97 Å². The van der Waals surface area contributed by atoms with Crippen molar-refractivity contribution in [3.05, 3.63) is 60.7 Å². The second kappa shape index (κ2) is 6.99. The first-order valence-electron chi connectivity index (χ1n) is 6.28. The molecule has 0 aliphatic carbocycles. The van der Waals surface area contributed by atoms with Crippen LogP contribution >= 0.6 is 0 Å². The minimum atomic E-state index is 0.0146. The predicted molar refractivity (Wildman–Crippen MR) is 77.8 cm³/mol. The lowest BCUT2D eigenvalue weighted by molar-refractivity contribution is 0.333. The fourth-order valence-corrected chi connectivity index (χ4v) is 1.92. The lowest BCUT2D eigenvalue weighted by Crippen LogP contribution is -2.45. The van der Waals surface area contributed by atoms with Crippen LogP contribution in [-0.2, 0) is 4.65 Å². The lowest BCUT2D eigenvalue weighted by atomic mass is 9.55. The van der Waals surface area contributed by atoms with Crippen LogP contribution in [0.3, 0.4) is 0 Å². The second-order valence-corrected chi connectivity index (χ2v) is 4.18. The molecule has 18 heavy (non-hydrogen) atoms. The molecule has 0 heterocycles. The van der Waals surface area contributed by atoms with Gasteiger partial charge in [0.05, 0.1) is 0 Å². The Labute approximate surface area is 109 Å². The first kappa shape index (κ1) is 12.9. The van der Waals surface area contributed by atoms with Gasteiger partial charge in [0, 0.05) is 13.2 Å². The van der Waals surface area contributed by atoms with Crippen LogP contribution < -0.4 is 16.2 Å². The van der Waals surface area contributed by atoms with Gasteiger partial charge in [0.15, 0.2) is 0 Å². The van der Waals surface area contributed by atoms with Crippen LogP contribution in [0.15, 0.2) is 60.7 Å². The topological polar surface area (TPSA) is 21.3 Å². The van der Waals surface area contributed by atoms with Crippen molar-refractivity contribution in [1.82, 2.24) is 5.32 Å². The molecule has 2 nitrogen and oxygen atoms in total. The molecule has 1 N–H and O–H groups in total. The molecular formula is C15H18BNO. The smallest absolute Gasteiger partial charge is 0.361 e. The van der Waals surface area contributed by atoms with Gasteiger partial charge in [0.25, 0.3) is 0 Å². The minimum absolute atomic E-state index is 0.0146. The van der Waals surface area contributed by atoms with E-state index in [-0.39, 0.29) is 6.92 Å². The number of hydrogen-bond acceptors (Lipinski definition) is 2. The molecule has 2 rings (SSSR count). The highest BCUT2D eigenvalue weighted by Crippen LogP contribution is 1.94. The molecule has 0 spiro atoms. The molecule has 0 unspecified atom stereocenters. The van der Waals surface area contributed by atoms with Gasteiger partial charge >= 0.3 is 6.92 Å². The van der Waals surface area contributed by atoms with E-state index in [0.717, 1.165) is 6.54 Å². The van der Waals surface area contributed by atoms with Gasteiger partial charge in [-0.3, -0.25) is 0 Å². The highest BCUT2D eigenvalue weighted by Gasteiger charge is 2.20. The molecule has 3 heteroatoms. The van der Waals surface area contributed by atoms with Gasteiger partial charge in [-0.15, -0.1) is 0 Å². The average Bonchev–Trinajstić information content (AvgIpc) is 2.46. The van der Waals surface area contributed by atoms with Crippen molar-refractivity contribution >= 4 is 17.8 Å². The summed E-state index contributed by atoms with van der Waals surface area (Å²) in [5.74, 6) is 0. The van der Waals surface area contributed by atoms with Gasteiger partial charge in [-0.2, -0.15) is 0 Å². The summed E-state index contributed by atoms with van der Waals surface area (Å²) in [5.41, 5.74) is 2.39. The SMILES string of the molecule is CNCCOB(c1ccccc1)c1ccccc1. The van der Waals surface area contributed by atoms with E-state index in [1.165, 1.54) is 10.9 Å². The van der Waals surface area contributed by atoms with Crippen LogP contribution in [0.1, 0.15) is 0 Å². The maximum atomic E-state index is 5.99. The van der Waals surface area contributed by atoms with Gasteiger partial charge in [-0.25, -0.2) is 0 Å². The van der Waals surface area contributed by atoms with Crippen LogP contribution in [0, 0.1) is 0 Å². The Morgan fingerprint density at radius 1 is 0.889 bits per heavy atom. The van der Waals surface area contributed by atoms with Crippen LogP contribution in [0.5, 0.6) is 0 Å². The van der Waals surface area contributed by atoms with E-state index in [1.807, 2.05) is 43.4 Å². The number of nitrogens with one attached hydrogen (secondary N) is 1. The van der Waals surface area contributed by atoms with E-state index in [9.17, 15) is 0 Å². The standard InChI is InChI=1S/C15H18BNO/c1-17-12-13-18-16(14-8-4-2-5-9-14)15-10-6-3-7-11-15/h2-11,17H,12-13H2,1H3. The van der Waals surface area contributed by atoms with E-state index in [2.05, 4.69) is 29.6 Å². The summed E-state index contributed by atoms with van der Waals surface area (Å²) in [6.07, 6.45) is 0. The van der Waals surface area contributed by atoms with Crippen molar-refractivity contribution < 1.29 is 4.65 Å². The minimum Gasteiger partial charge on any atom is -0.426 e. The summed E-state index contributed by atoms with van der Waals surface area (Å²) in [4.78, 5) is 0. The first-order valence-corrected chi connectivity index (χ1v) is 6.28. The van der Waals surface area contributed by atoms with Crippen molar-refractivity contribution in [1.29, 1.82) is 0 Å². The second-order valence-electron chi connectivity index (χ2n) is 4.18. The predicted octanol–water partition coefficient (Wildman–Crippen LogP) is 1.03. The van der Waals surface area contributed by atoms with Gasteiger partial charge in [0.1, 0.15) is 0 Å². The fraction of sp³-hybridized carbons (Fsp3) is 0.200. The third-order valence-electron chi connectivity index (χ3n) is 2.84. The van der Waals surface area contributed by atoms with Crippen LogP contribution in [-0.4, -0.2) is 27.1 Å². The fourth-order valence-electron chi connectivity index (χ4n) is 1.92. The summed E-state index contributed by atoms with van der Waals surface area (Å²) in [6, 6.07) is 20.7. The van der Waals surface area contributed by atoms with Gasteiger partial charge in [-0.05, 0) is 18.0 Å². The van der Waals surface area contributed by atoms with Crippen molar-refractivity contribution in [3.8, 4) is 0 Å². The molecule has 0 aromatic heterocycles. The van der Waals surface area contributed by atoms with Crippen LogP contribution in [0.4, 0.5) is 0 Å². The monoisotopic (exact) mass is 239 g/mol. The zero-order chi connectivity index (χ0) is 12.6. The van der Waals surface area contributed by atoms with E-state index in [4.69, 9.17) is 4.65 Å². The Morgan fingerprint density at radius 2 is 1.39 bits per heavy atom. The van der Waals surface area contributed by atoms with E-state index in [1.54, 1.807) is 0 Å². The third kappa shape index (κ3) is 3.46. The Balaban J connectivity index is 2.18. The molecule has 92 valence electrons. The number of likely N-dealkylation sites (N-methyl/N-ethyl adjacent to an activating group) is 1. The third-order valence-corrected chi connectivity index (χ3v) is 2.84. The van der Waals surface area contributed by atoms with Crippen LogP contribution in [0.25, 0.3) is 0 Å². The molecule has 0 saturated carbocycles. The van der Waals surface area contributed by atoms with Gasteiger partial charge in [0.2, 0.25) is 0 Å². The molecule has 0 fully saturated rings. The molecule has 0 aliphatic rings. The summed E-state index contributed by atoms with van der Waals surface area (Å²) < 4.78 is 5.99. The molecule has 2 aromatic carbocycles. The molecular weight excluding hydrogens is 221 g/mol. The normalized spacial score (nSPS) is 10.3. The van der Waals surface area contributed by atoms with Crippen molar-refractivity contribution in [2.24, 2.45) is 0 Å². The number of hydrogen-bond donors (Lipinski definition) is 1.